The zero-order chi connectivity index (χ0) is 13.7. The van der Waals surface area contributed by atoms with E-state index in [2.05, 4.69) is 4.74 Å². The van der Waals surface area contributed by atoms with Crippen molar-refractivity contribution in [1.82, 2.24) is 0 Å². The van der Waals surface area contributed by atoms with Crippen LogP contribution in [-0.2, 0) is 11.2 Å². The van der Waals surface area contributed by atoms with Crippen LogP contribution in [0.4, 0.5) is 4.39 Å². The Morgan fingerprint density at radius 2 is 2.11 bits per heavy atom. The van der Waals surface area contributed by atoms with Gasteiger partial charge in [0, 0.05) is 5.56 Å². The van der Waals surface area contributed by atoms with Crippen LogP contribution in [-0.4, -0.2) is 24.7 Å². The van der Waals surface area contributed by atoms with Gasteiger partial charge in [-0.1, -0.05) is 6.92 Å². The van der Waals surface area contributed by atoms with E-state index in [0.717, 1.165) is 5.56 Å². The van der Waals surface area contributed by atoms with Crippen molar-refractivity contribution in [2.75, 3.05) is 13.7 Å². The number of aliphatic hydroxyl groups is 1. The molecule has 2 N–H and O–H groups in total. The molecule has 1 aromatic carbocycles. The highest BCUT2D eigenvalue weighted by Gasteiger charge is 2.22. The molecule has 0 amide bonds. The second kappa shape index (κ2) is 6.35. The largest absolute Gasteiger partial charge is 0.491 e. The maximum absolute atomic E-state index is 14.1. The molecule has 0 aliphatic rings. The van der Waals surface area contributed by atoms with E-state index >= 15 is 0 Å². The number of hydrogen-bond donors (Lipinski definition) is 2. The number of aryl methyl sites for hydroxylation is 1. The lowest BCUT2D eigenvalue weighted by molar-refractivity contribution is 0.199. The third-order valence-corrected chi connectivity index (χ3v) is 2.60. The van der Waals surface area contributed by atoms with Crippen molar-refractivity contribution in [2.24, 2.45) is 0 Å². The van der Waals surface area contributed by atoms with Gasteiger partial charge in [0.25, 0.3) is 0 Å². The molecule has 0 aliphatic carbocycles. The number of methoxy groups -OCH3 is 1. The minimum atomic E-state index is -1.42. The lowest BCUT2D eigenvalue weighted by Gasteiger charge is -2.16. The van der Waals surface area contributed by atoms with Gasteiger partial charge in [-0.3, -0.25) is 5.41 Å². The quantitative estimate of drug-likeness (QED) is 0.627. The van der Waals surface area contributed by atoms with E-state index in [9.17, 15) is 9.50 Å². The highest BCUT2D eigenvalue weighted by atomic mass is 19.1. The van der Waals surface area contributed by atoms with E-state index in [1.807, 2.05) is 6.92 Å². The first-order valence-corrected chi connectivity index (χ1v) is 5.80. The van der Waals surface area contributed by atoms with Crippen molar-refractivity contribution in [3.05, 3.63) is 29.1 Å². The molecular formula is C13H18FNO3. The third-order valence-electron chi connectivity index (χ3n) is 2.60. The smallest absolute Gasteiger partial charge is 0.214 e. The van der Waals surface area contributed by atoms with Gasteiger partial charge in [0.15, 0.2) is 17.7 Å². The van der Waals surface area contributed by atoms with Crippen LogP contribution in [0.3, 0.4) is 0 Å². The van der Waals surface area contributed by atoms with Gasteiger partial charge in [-0.15, -0.1) is 0 Å². The van der Waals surface area contributed by atoms with Gasteiger partial charge in [-0.2, -0.15) is 0 Å². The lowest BCUT2D eigenvalue weighted by Crippen LogP contribution is -2.15. The molecule has 0 radical (unpaired) electrons. The minimum Gasteiger partial charge on any atom is -0.491 e. The molecule has 0 aliphatic heterocycles. The lowest BCUT2D eigenvalue weighted by atomic mass is 10.0. The minimum absolute atomic E-state index is 0.00431. The number of ether oxygens (including phenoxy) is 2. The molecule has 0 aromatic heterocycles. The molecule has 1 atom stereocenters. The first-order valence-electron chi connectivity index (χ1n) is 5.80. The Kier molecular flexibility index (Phi) is 5.09. The SMILES string of the molecule is CCOc1cc(CC)cc(C(O)C(=N)OC)c1F. The summed E-state index contributed by atoms with van der Waals surface area (Å²) >= 11 is 0. The van der Waals surface area contributed by atoms with Crippen molar-refractivity contribution < 1.29 is 19.0 Å². The van der Waals surface area contributed by atoms with Gasteiger partial charge in [-0.25, -0.2) is 4.39 Å². The van der Waals surface area contributed by atoms with Crippen molar-refractivity contribution in [1.29, 1.82) is 5.41 Å². The standard InChI is InChI=1S/C13H18FNO3/c1-4-8-6-9(12(16)13(15)17-3)11(14)10(7-8)18-5-2/h6-7,12,15-16H,4-5H2,1-3H3. The molecule has 5 heteroatoms. The van der Waals surface area contributed by atoms with Crippen LogP contribution < -0.4 is 4.74 Å². The summed E-state index contributed by atoms with van der Waals surface area (Å²) in [5.41, 5.74) is 0.836. The maximum Gasteiger partial charge on any atom is 0.214 e. The Hall–Kier alpha value is -1.62. The summed E-state index contributed by atoms with van der Waals surface area (Å²) < 4.78 is 23.9. The predicted octanol–water partition coefficient (Wildman–Crippen LogP) is 2.44. The molecule has 18 heavy (non-hydrogen) atoms. The summed E-state index contributed by atoms with van der Waals surface area (Å²) in [6.45, 7) is 4.01. The van der Waals surface area contributed by atoms with Crippen LogP contribution in [0.5, 0.6) is 5.75 Å². The molecule has 100 valence electrons. The Balaban J connectivity index is 3.24. The number of nitrogens with one attached hydrogen (secondary N) is 1. The third kappa shape index (κ3) is 2.98. The van der Waals surface area contributed by atoms with E-state index < -0.39 is 17.8 Å². The molecule has 1 aromatic rings. The van der Waals surface area contributed by atoms with Gasteiger partial charge >= 0.3 is 0 Å². The van der Waals surface area contributed by atoms with Crippen molar-refractivity contribution in [2.45, 2.75) is 26.4 Å². The average molecular weight is 255 g/mol. The monoisotopic (exact) mass is 255 g/mol. The fraction of sp³-hybridized carbons (Fsp3) is 0.462. The molecule has 4 nitrogen and oxygen atoms in total. The normalized spacial score (nSPS) is 12.1. The number of rotatable bonds is 5. The molecule has 1 unspecified atom stereocenters. The van der Waals surface area contributed by atoms with Gasteiger partial charge < -0.3 is 14.6 Å². The Labute approximate surface area is 106 Å². The van der Waals surface area contributed by atoms with Crippen LogP contribution >= 0.6 is 0 Å². The van der Waals surface area contributed by atoms with E-state index in [0.29, 0.717) is 13.0 Å². The highest BCUT2D eigenvalue weighted by molar-refractivity contribution is 5.79. The Morgan fingerprint density at radius 1 is 1.44 bits per heavy atom. The summed E-state index contributed by atoms with van der Waals surface area (Å²) in [6.07, 6.45) is -0.735. The first kappa shape index (κ1) is 14.4. The zero-order valence-electron chi connectivity index (χ0n) is 10.8. The van der Waals surface area contributed by atoms with Crippen LogP contribution in [0.15, 0.2) is 12.1 Å². The van der Waals surface area contributed by atoms with E-state index in [1.54, 1.807) is 13.0 Å². The summed E-state index contributed by atoms with van der Waals surface area (Å²) in [6, 6.07) is 3.13. The molecule has 0 saturated carbocycles. The number of benzene rings is 1. The molecular weight excluding hydrogens is 237 g/mol. The number of hydrogen-bond acceptors (Lipinski definition) is 4. The van der Waals surface area contributed by atoms with Gasteiger partial charge in [0.2, 0.25) is 5.90 Å². The zero-order valence-corrected chi connectivity index (χ0v) is 10.8. The number of halogens is 1. The van der Waals surface area contributed by atoms with Crippen molar-refractivity contribution in [3.8, 4) is 5.75 Å². The molecule has 0 bridgehead atoms. The average Bonchev–Trinajstić information content (AvgIpc) is 2.39. The fourth-order valence-electron chi connectivity index (χ4n) is 1.60. The molecule has 0 saturated heterocycles. The Bertz CT molecular complexity index is 434. The highest BCUT2D eigenvalue weighted by Crippen LogP contribution is 2.28. The van der Waals surface area contributed by atoms with Crippen LogP contribution in [0, 0.1) is 11.2 Å². The molecule has 0 spiro atoms. The van der Waals surface area contributed by atoms with Crippen LogP contribution in [0.1, 0.15) is 31.1 Å². The van der Waals surface area contributed by atoms with E-state index in [1.165, 1.54) is 13.2 Å². The summed E-state index contributed by atoms with van der Waals surface area (Å²) in [4.78, 5) is 0. The van der Waals surface area contributed by atoms with Crippen molar-refractivity contribution in [3.63, 3.8) is 0 Å². The Morgan fingerprint density at radius 3 is 2.61 bits per heavy atom. The second-order valence-corrected chi connectivity index (χ2v) is 3.75. The summed E-state index contributed by atoms with van der Waals surface area (Å²) in [5, 5.41) is 17.2. The van der Waals surface area contributed by atoms with Gasteiger partial charge in [-0.05, 0) is 31.0 Å². The van der Waals surface area contributed by atoms with Gasteiger partial charge in [0.1, 0.15) is 0 Å². The van der Waals surface area contributed by atoms with E-state index in [-0.39, 0.29) is 11.3 Å². The van der Waals surface area contributed by atoms with Gasteiger partial charge in [0.05, 0.1) is 13.7 Å². The van der Waals surface area contributed by atoms with Crippen LogP contribution in [0.25, 0.3) is 0 Å². The van der Waals surface area contributed by atoms with Crippen molar-refractivity contribution >= 4 is 5.90 Å². The predicted molar refractivity (Wildman–Crippen MR) is 66.6 cm³/mol. The summed E-state index contributed by atoms with van der Waals surface area (Å²) in [7, 11) is 1.26. The molecule has 1 rings (SSSR count). The second-order valence-electron chi connectivity index (χ2n) is 3.75. The molecule has 0 fully saturated rings. The molecule has 0 heterocycles. The topological polar surface area (TPSA) is 62.5 Å². The fourth-order valence-corrected chi connectivity index (χ4v) is 1.60. The van der Waals surface area contributed by atoms with Crippen LogP contribution in [0.2, 0.25) is 0 Å². The number of aliphatic hydroxyl groups excluding tert-OH is 1. The summed E-state index contributed by atoms with van der Waals surface area (Å²) in [5.74, 6) is -0.956. The first-order chi connectivity index (χ1) is 8.54. The van der Waals surface area contributed by atoms with E-state index in [4.69, 9.17) is 10.1 Å². The maximum atomic E-state index is 14.1.